The summed E-state index contributed by atoms with van der Waals surface area (Å²) in [6, 6.07) is 0. The summed E-state index contributed by atoms with van der Waals surface area (Å²) < 4.78 is 6.71. The van der Waals surface area contributed by atoms with Gasteiger partial charge in [-0.25, -0.2) is 0 Å². The molecule has 0 saturated heterocycles. The van der Waals surface area contributed by atoms with E-state index in [-0.39, 0.29) is 5.60 Å². The molecule has 0 spiro atoms. The summed E-state index contributed by atoms with van der Waals surface area (Å²) in [5, 5.41) is 0. The lowest BCUT2D eigenvalue weighted by molar-refractivity contribution is -0.126. The second-order valence-corrected chi connectivity index (χ2v) is 10.5. The Morgan fingerprint density at radius 3 is 1.12 bits per heavy atom. The van der Waals surface area contributed by atoms with Crippen LogP contribution in [0.3, 0.4) is 0 Å². The number of hydrogen-bond acceptors (Lipinski definition) is 1. The fraction of sp³-hybridized carbons (Fsp3) is 1.00. The van der Waals surface area contributed by atoms with E-state index in [1.807, 2.05) is 0 Å². The summed E-state index contributed by atoms with van der Waals surface area (Å²) in [4.78, 5) is 0. The molecule has 2 fully saturated rings. The highest BCUT2D eigenvalue weighted by atomic mass is 16.5. The maximum absolute atomic E-state index is 6.71. The summed E-state index contributed by atoms with van der Waals surface area (Å²) in [5.74, 6) is 5.23. The largest absolute Gasteiger partial charge is 0.372 e. The average molecular weight is 337 g/mol. The van der Waals surface area contributed by atoms with Gasteiger partial charge in [0.15, 0.2) is 0 Å². The Balaban J connectivity index is 1.98. The predicted molar refractivity (Wildman–Crippen MR) is 105 cm³/mol. The lowest BCUT2D eigenvalue weighted by Gasteiger charge is -2.44. The molecule has 0 heterocycles. The molecule has 0 N–H and O–H groups in total. The first-order valence-electron chi connectivity index (χ1n) is 10.8. The van der Waals surface area contributed by atoms with Crippen LogP contribution in [0.2, 0.25) is 0 Å². The fourth-order valence-corrected chi connectivity index (χ4v) is 5.27. The summed E-state index contributed by atoms with van der Waals surface area (Å²) in [6.07, 6.45) is 11.8. The van der Waals surface area contributed by atoms with Crippen molar-refractivity contribution in [1.29, 1.82) is 0 Å². The molecule has 0 bridgehead atoms. The van der Waals surface area contributed by atoms with Gasteiger partial charge in [0.25, 0.3) is 0 Å². The molecular weight excluding hydrogens is 292 g/mol. The normalized spacial score (nSPS) is 33.9. The number of hydrogen-bond donors (Lipinski definition) is 0. The minimum Gasteiger partial charge on any atom is -0.372 e. The third-order valence-corrected chi connectivity index (χ3v) is 6.94. The lowest BCUT2D eigenvalue weighted by atomic mass is 9.68. The van der Waals surface area contributed by atoms with Crippen molar-refractivity contribution in [3.8, 4) is 0 Å². The molecule has 1 heteroatoms. The lowest BCUT2D eigenvalue weighted by Crippen LogP contribution is -2.41. The van der Waals surface area contributed by atoms with E-state index in [0.717, 1.165) is 35.5 Å². The van der Waals surface area contributed by atoms with Gasteiger partial charge < -0.3 is 4.74 Å². The molecular formula is C23H44O. The molecule has 2 aliphatic carbocycles. The Bertz CT molecular complexity index is 321. The summed E-state index contributed by atoms with van der Waals surface area (Å²) in [5.41, 5.74) is -0.00550. The summed E-state index contributed by atoms with van der Waals surface area (Å²) in [6.45, 7) is 16.4. The molecule has 2 aliphatic rings. The van der Waals surface area contributed by atoms with Crippen molar-refractivity contribution in [1.82, 2.24) is 0 Å². The van der Waals surface area contributed by atoms with E-state index in [4.69, 9.17) is 4.74 Å². The molecule has 1 nitrogen and oxygen atoms in total. The van der Waals surface area contributed by atoms with Crippen LogP contribution in [0.25, 0.3) is 0 Å². The summed E-state index contributed by atoms with van der Waals surface area (Å²) in [7, 11) is 0. The Morgan fingerprint density at radius 2 is 0.875 bits per heavy atom. The van der Waals surface area contributed by atoms with Crippen LogP contribution in [0.15, 0.2) is 0 Å². The van der Waals surface area contributed by atoms with Gasteiger partial charge in [-0.2, -0.15) is 0 Å². The zero-order chi connectivity index (χ0) is 17.9. The van der Waals surface area contributed by atoms with Gasteiger partial charge in [-0.15, -0.1) is 0 Å². The van der Waals surface area contributed by atoms with Gasteiger partial charge in [-0.05, 0) is 108 Å². The van der Waals surface area contributed by atoms with Gasteiger partial charge in [0.2, 0.25) is 0 Å². The smallest absolute Gasteiger partial charge is 0.0638 e. The zero-order valence-electron chi connectivity index (χ0n) is 17.6. The predicted octanol–water partition coefficient (Wildman–Crippen LogP) is 7.09. The molecule has 24 heavy (non-hydrogen) atoms. The van der Waals surface area contributed by atoms with Crippen molar-refractivity contribution in [3.05, 3.63) is 0 Å². The molecule has 0 atom stereocenters. The molecule has 2 saturated carbocycles. The Labute approximate surface area is 152 Å². The molecule has 0 aromatic rings. The van der Waals surface area contributed by atoms with Crippen LogP contribution in [-0.2, 0) is 4.74 Å². The maximum atomic E-state index is 6.71. The van der Waals surface area contributed by atoms with Gasteiger partial charge in [-0.3, -0.25) is 0 Å². The van der Waals surface area contributed by atoms with E-state index in [1.165, 1.54) is 51.4 Å². The van der Waals surface area contributed by atoms with E-state index < -0.39 is 0 Å². The van der Waals surface area contributed by atoms with E-state index in [1.54, 1.807) is 0 Å². The van der Waals surface area contributed by atoms with Gasteiger partial charge in [-0.1, -0.05) is 27.7 Å². The highest BCUT2D eigenvalue weighted by molar-refractivity contribution is 4.88. The van der Waals surface area contributed by atoms with Crippen molar-refractivity contribution in [2.45, 2.75) is 112 Å². The third kappa shape index (κ3) is 5.75. The van der Waals surface area contributed by atoms with E-state index in [0.29, 0.717) is 6.10 Å². The van der Waals surface area contributed by atoms with Gasteiger partial charge >= 0.3 is 0 Å². The first-order valence-corrected chi connectivity index (χ1v) is 10.8. The molecule has 0 radical (unpaired) electrons. The van der Waals surface area contributed by atoms with E-state index in [2.05, 4.69) is 48.5 Å². The monoisotopic (exact) mass is 336 g/mol. The minimum absolute atomic E-state index is 0.00550. The Hall–Kier alpha value is -0.0400. The highest BCUT2D eigenvalue weighted by Gasteiger charge is 2.38. The van der Waals surface area contributed by atoms with Crippen molar-refractivity contribution >= 4 is 0 Å². The fourth-order valence-electron chi connectivity index (χ4n) is 5.27. The molecule has 0 amide bonds. The Kier molecular flexibility index (Phi) is 7.23. The van der Waals surface area contributed by atoms with Crippen LogP contribution < -0.4 is 0 Å². The van der Waals surface area contributed by atoms with Crippen molar-refractivity contribution < 1.29 is 4.74 Å². The second-order valence-electron chi connectivity index (χ2n) is 10.5. The Morgan fingerprint density at radius 1 is 0.583 bits per heavy atom. The van der Waals surface area contributed by atoms with E-state index in [9.17, 15) is 0 Å². The first-order chi connectivity index (χ1) is 11.2. The van der Waals surface area contributed by atoms with Crippen molar-refractivity contribution in [2.75, 3.05) is 0 Å². The molecule has 142 valence electrons. The quantitative estimate of drug-likeness (QED) is 0.520. The zero-order valence-corrected chi connectivity index (χ0v) is 17.6. The molecule has 0 aromatic carbocycles. The van der Waals surface area contributed by atoms with Crippen LogP contribution >= 0.6 is 0 Å². The third-order valence-electron chi connectivity index (χ3n) is 6.94. The molecule has 0 aromatic heterocycles. The topological polar surface area (TPSA) is 9.23 Å². The molecule has 2 rings (SSSR count). The standard InChI is InChI=1S/C23H44O/c1-16(2)18-8-12-20(13-9-18)22(24-23(5,6)7)21-14-10-19(11-15-21)17(3)4/h16-22H,8-15H2,1-7H3. The van der Waals surface area contributed by atoms with E-state index >= 15 is 0 Å². The van der Waals surface area contributed by atoms with Crippen LogP contribution in [0, 0.1) is 35.5 Å². The average Bonchev–Trinajstić information content (AvgIpc) is 2.52. The molecule has 0 aliphatic heterocycles. The van der Waals surface area contributed by atoms with Crippen LogP contribution in [-0.4, -0.2) is 11.7 Å². The second kappa shape index (κ2) is 8.56. The van der Waals surface area contributed by atoms with Gasteiger partial charge in [0, 0.05) is 0 Å². The first kappa shape index (κ1) is 20.3. The van der Waals surface area contributed by atoms with Crippen LogP contribution in [0.5, 0.6) is 0 Å². The number of rotatable bonds is 5. The van der Waals surface area contributed by atoms with Gasteiger partial charge in [0.05, 0.1) is 11.7 Å². The van der Waals surface area contributed by atoms with Crippen LogP contribution in [0.4, 0.5) is 0 Å². The molecule has 0 unspecified atom stereocenters. The number of ether oxygens (including phenoxy) is 1. The highest BCUT2D eigenvalue weighted by Crippen LogP contribution is 2.43. The van der Waals surface area contributed by atoms with Crippen molar-refractivity contribution in [2.24, 2.45) is 35.5 Å². The van der Waals surface area contributed by atoms with Crippen LogP contribution in [0.1, 0.15) is 99.8 Å². The SMILES string of the molecule is CC(C)C1CCC(C(OC(C)(C)C)C2CCC(C(C)C)CC2)CC1. The maximum Gasteiger partial charge on any atom is 0.0638 e. The minimum atomic E-state index is -0.00550. The van der Waals surface area contributed by atoms with Gasteiger partial charge in [0.1, 0.15) is 0 Å². The summed E-state index contributed by atoms with van der Waals surface area (Å²) >= 11 is 0. The van der Waals surface area contributed by atoms with Crippen molar-refractivity contribution in [3.63, 3.8) is 0 Å².